The molecule has 5 nitrogen and oxygen atoms in total. The van der Waals surface area contributed by atoms with Crippen molar-refractivity contribution in [3.05, 3.63) is 52.8 Å². The average Bonchev–Trinajstić information content (AvgIpc) is 3.18. The predicted molar refractivity (Wildman–Crippen MR) is 108 cm³/mol. The molecular formula is C21H24ClFN2O3. The molecule has 7 heteroatoms. The van der Waals surface area contributed by atoms with Gasteiger partial charge in [0, 0.05) is 19.6 Å². The molecular weight excluding hydrogens is 383 g/mol. The highest BCUT2D eigenvalue weighted by Gasteiger charge is 2.29. The largest absolute Gasteiger partial charge is 0.493 e. The monoisotopic (exact) mass is 406 g/mol. The van der Waals surface area contributed by atoms with E-state index in [1.54, 1.807) is 37.4 Å². The Kier molecular flexibility index (Phi) is 6.62. The molecule has 28 heavy (non-hydrogen) atoms. The lowest BCUT2D eigenvalue weighted by molar-refractivity contribution is -0.124. The van der Waals surface area contributed by atoms with Crippen molar-refractivity contribution in [2.45, 2.75) is 19.9 Å². The van der Waals surface area contributed by atoms with Gasteiger partial charge in [0.15, 0.2) is 11.5 Å². The first kappa shape index (κ1) is 20.3. The molecule has 150 valence electrons. The summed E-state index contributed by atoms with van der Waals surface area (Å²) < 4.78 is 24.8. The smallest absolute Gasteiger partial charge is 0.225 e. The number of halogens is 2. The third-order valence-electron chi connectivity index (χ3n) is 4.80. The van der Waals surface area contributed by atoms with Gasteiger partial charge in [0.05, 0.1) is 30.3 Å². The lowest BCUT2D eigenvalue weighted by Gasteiger charge is -2.19. The maximum absolute atomic E-state index is 14.0. The van der Waals surface area contributed by atoms with Gasteiger partial charge in [0.25, 0.3) is 0 Å². The quantitative estimate of drug-likeness (QED) is 0.754. The molecule has 0 radical (unpaired) electrons. The van der Waals surface area contributed by atoms with Gasteiger partial charge < -0.3 is 19.7 Å². The fraction of sp³-hybridized carbons (Fsp3) is 0.381. The van der Waals surface area contributed by atoms with Crippen molar-refractivity contribution in [1.82, 2.24) is 5.32 Å². The highest BCUT2D eigenvalue weighted by molar-refractivity contribution is 6.32. The van der Waals surface area contributed by atoms with Crippen molar-refractivity contribution in [1.29, 1.82) is 0 Å². The number of hydrogen-bond acceptors (Lipinski definition) is 4. The van der Waals surface area contributed by atoms with Gasteiger partial charge in [-0.2, -0.15) is 0 Å². The van der Waals surface area contributed by atoms with Crippen LogP contribution in [0.3, 0.4) is 0 Å². The van der Waals surface area contributed by atoms with E-state index in [0.717, 1.165) is 5.56 Å². The van der Waals surface area contributed by atoms with Crippen LogP contribution in [0.1, 0.15) is 18.9 Å². The van der Waals surface area contributed by atoms with E-state index in [4.69, 9.17) is 21.1 Å². The second-order valence-electron chi connectivity index (χ2n) is 6.64. The average molecular weight is 407 g/mol. The lowest BCUT2D eigenvalue weighted by Crippen LogP contribution is -2.32. The lowest BCUT2D eigenvalue weighted by atomic mass is 10.1. The maximum Gasteiger partial charge on any atom is 0.225 e. The number of methoxy groups -OCH3 is 1. The molecule has 1 fully saturated rings. The van der Waals surface area contributed by atoms with Crippen LogP contribution in [-0.4, -0.2) is 32.7 Å². The summed E-state index contributed by atoms with van der Waals surface area (Å²) in [5, 5.41) is 3.38. The van der Waals surface area contributed by atoms with Crippen LogP contribution in [0.5, 0.6) is 11.5 Å². The van der Waals surface area contributed by atoms with Crippen molar-refractivity contribution in [2.24, 2.45) is 5.92 Å². The molecule has 0 spiro atoms. The molecule has 0 aliphatic carbocycles. The van der Waals surface area contributed by atoms with Crippen molar-refractivity contribution in [3.63, 3.8) is 0 Å². The van der Waals surface area contributed by atoms with Crippen molar-refractivity contribution < 1.29 is 18.7 Å². The number of nitrogens with zero attached hydrogens (tertiary/aromatic N) is 1. The minimum atomic E-state index is -0.264. The number of carbonyl (C=O) groups is 1. The highest BCUT2D eigenvalue weighted by Crippen LogP contribution is 2.36. The van der Waals surface area contributed by atoms with Gasteiger partial charge in [0.1, 0.15) is 5.82 Å². The summed E-state index contributed by atoms with van der Waals surface area (Å²) in [5.74, 6) is 0.533. The minimum absolute atomic E-state index is 0.0530. The SMILES string of the molecule is CCOc1c(Cl)cc(CNC(=O)C2CCN(c3ccccc3F)C2)cc1OC. The summed E-state index contributed by atoms with van der Waals surface area (Å²) in [6.07, 6.45) is 0.688. The fourth-order valence-corrected chi connectivity index (χ4v) is 3.68. The first-order valence-electron chi connectivity index (χ1n) is 9.29. The molecule has 1 heterocycles. The minimum Gasteiger partial charge on any atom is -0.493 e. The van der Waals surface area contributed by atoms with Crippen molar-refractivity contribution in [3.8, 4) is 11.5 Å². The number of carbonyl (C=O) groups excluding carboxylic acids is 1. The molecule has 1 aliphatic rings. The van der Waals surface area contributed by atoms with Crippen molar-refractivity contribution in [2.75, 3.05) is 31.7 Å². The number of benzene rings is 2. The van der Waals surface area contributed by atoms with Crippen LogP contribution >= 0.6 is 11.6 Å². The zero-order valence-electron chi connectivity index (χ0n) is 16.0. The molecule has 3 rings (SSSR count). The Bertz CT molecular complexity index is 846. The number of nitrogens with one attached hydrogen (secondary N) is 1. The third-order valence-corrected chi connectivity index (χ3v) is 5.08. The summed E-state index contributed by atoms with van der Waals surface area (Å²) in [6.45, 7) is 3.84. The van der Waals surface area contributed by atoms with E-state index >= 15 is 0 Å². The highest BCUT2D eigenvalue weighted by atomic mass is 35.5. The first-order valence-corrected chi connectivity index (χ1v) is 9.67. The van der Waals surface area contributed by atoms with Gasteiger partial charge >= 0.3 is 0 Å². The molecule has 0 bridgehead atoms. The van der Waals surface area contributed by atoms with Gasteiger partial charge in [0.2, 0.25) is 5.91 Å². The zero-order chi connectivity index (χ0) is 20.1. The number of para-hydroxylation sites is 1. The van der Waals surface area contributed by atoms with E-state index in [1.807, 2.05) is 11.8 Å². The van der Waals surface area contributed by atoms with Crippen LogP contribution in [-0.2, 0) is 11.3 Å². The normalized spacial score (nSPS) is 16.1. The molecule has 1 amide bonds. The molecule has 0 aromatic heterocycles. The van der Waals surface area contributed by atoms with E-state index < -0.39 is 0 Å². The Morgan fingerprint density at radius 2 is 2.14 bits per heavy atom. The number of hydrogen-bond donors (Lipinski definition) is 1. The Balaban J connectivity index is 1.60. The van der Waals surface area contributed by atoms with E-state index in [9.17, 15) is 9.18 Å². The number of rotatable bonds is 7. The molecule has 1 N–H and O–H groups in total. The molecule has 2 aromatic rings. The standard InChI is InChI=1S/C21H24ClFN2O3/c1-3-28-20-16(22)10-14(11-19(20)27-2)12-24-21(26)15-8-9-25(13-15)18-7-5-4-6-17(18)23/h4-7,10-11,15H,3,8-9,12-13H2,1-2H3,(H,24,26). The number of ether oxygens (including phenoxy) is 2. The van der Waals surface area contributed by atoms with Gasteiger partial charge in [-0.25, -0.2) is 4.39 Å². The predicted octanol–water partition coefficient (Wildman–Crippen LogP) is 4.03. The Hall–Kier alpha value is -2.47. The van der Waals surface area contributed by atoms with Gasteiger partial charge in [-0.1, -0.05) is 23.7 Å². The van der Waals surface area contributed by atoms with E-state index in [1.165, 1.54) is 6.07 Å². The Morgan fingerprint density at radius 3 is 2.86 bits per heavy atom. The Labute approximate surface area is 169 Å². The Morgan fingerprint density at radius 1 is 1.36 bits per heavy atom. The summed E-state index contributed by atoms with van der Waals surface area (Å²) in [4.78, 5) is 14.5. The topological polar surface area (TPSA) is 50.8 Å². The van der Waals surface area contributed by atoms with Crippen LogP contribution < -0.4 is 19.7 Å². The van der Waals surface area contributed by atoms with Crippen LogP contribution in [0.15, 0.2) is 36.4 Å². The molecule has 1 aliphatic heterocycles. The summed E-state index contributed by atoms with van der Waals surface area (Å²) in [5.41, 5.74) is 1.36. The van der Waals surface area contributed by atoms with Crippen LogP contribution in [0, 0.1) is 11.7 Å². The molecule has 1 unspecified atom stereocenters. The van der Waals surface area contributed by atoms with Crippen LogP contribution in [0.4, 0.5) is 10.1 Å². The van der Waals surface area contributed by atoms with E-state index in [0.29, 0.717) is 54.9 Å². The zero-order valence-corrected chi connectivity index (χ0v) is 16.8. The van der Waals surface area contributed by atoms with Gasteiger partial charge in [-0.05, 0) is 43.2 Å². The summed E-state index contributed by atoms with van der Waals surface area (Å²) in [7, 11) is 1.55. The second-order valence-corrected chi connectivity index (χ2v) is 7.05. The van der Waals surface area contributed by atoms with E-state index in [-0.39, 0.29) is 17.6 Å². The molecule has 2 aromatic carbocycles. The number of anilines is 1. The van der Waals surface area contributed by atoms with Crippen molar-refractivity contribution >= 4 is 23.2 Å². The molecule has 1 atom stereocenters. The maximum atomic E-state index is 14.0. The number of amides is 1. The first-order chi connectivity index (χ1) is 13.5. The molecule has 1 saturated heterocycles. The molecule has 0 saturated carbocycles. The van der Waals surface area contributed by atoms with E-state index in [2.05, 4.69) is 5.32 Å². The summed E-state index contributed by atoms with van der Waals surface area (Å²) in [6, 6.07) is 10.2. The third kappa shape index (κ3) is 4.50. The van der Waals surface area contributed by atoms with Gasteiger partial charge in [-0.3, -0.25) is 4.79 Å². The fourth-order valence-electron chi connectivity index (χ4n) is 3.39. The summed E-state index contributed by atoms with van der Waals surface area (Å²) >= 11 is 6.28. The second kappa shape index (κ2) is 9.15. The van der Waals surface area contributed by atoms with Gasteiger partial charge in [-0.15, -0.1) is 0 Å². The van der Waals surface area contributed by atoms with Crippen LogP contribution in [0.25, 0.3) is 0 Å². The van der Waals surface area contributed by atoms with Crippen LogP contribution in [0.2, 0.25) is 5.02 Å².